The van der Waals surface area contributed by atoms with E-state index in [4.69, 9.17) is 4.52 Å². The predicted molar refractivity (Wildman–Crippen MR) is 80.2 cm³/mol. The first-order valence-corrected chi connectivity index (χ1v) is 6.98. The Morgan fingerprint density at radius 2 is 2.13 bits per heavy atom. The van der Waals surface area contributed by atoms with Crippen molar-refractivity contribution in [2.75, 3.05) is 14.1 Å². The van der Waals surface area contributed by atoms with Crippen LogP contribution >= 0.6 is 0 Å². The maximum absolute atomic E-state index is 13.7. The second-order valence-corrected chi connectivity index (χ2v) is 5.96. The van der Waals surface area contributed by atoms with Crippen LogP contribution < -0.4 is 5.32 Å². The number of rotatable bonds is 5. The molecule has 0 fully saturated rings. The zero-order valence-corrected chi connectivity index (χ0v) is 13.4. The fourth-order valence-electron chi connectivity index (χ4n) is 1.98. The molecule has 23 heavy (non-hydrogen) atoms. The number of phenolic OH excluding ortho intramolecular Hbond substituents is 1. The molecule has 0 atom stereocenters. The number of amides is 1. The summed E-state index contributed by atoms with van der Waals surface area (Å²) in [7, 11) is 3.72. The first-order valence-electron chi connectivity index (χ1n) is 6.98. The van der Waals surface area contributed by atoms with Crippen LogP contribution in [0.1, 0.15) is 35.9 Å². The first-order chi connectivity index (χ1) is 10.7. The van der Waals surface area contributed by atoms with Crippen LogP contribution in [-0.4, -0.2) is 40.1 Å². The van der Waals surface area contributed by atoms with E-state index >= 15 is 0 Å². The summed E-state index contributed by atoms with van der Waals surface area (Å²) < 4.78 is 18.9. The molecule has 7 nitrogen and oxygen atoms in total. The topological polar surface area (TPSA) is 91.5 Å². The van der Waals surface area contributed by atoms with Gasteiger partial charge in [0.1, 0.15) is 17.1 Å². The number of aromatic nitrogens is 2. The van der Waals surface area contributed by atoms with Gasteiger partial charge in [0, 0.05) is 0 Å². The van der Waals surface area contributed by atoms with Gasteiger partial charge in [-0.3, -0.25) is 4.79 Å². The second-order valence-electron chi connectivity index (χ2n) is 5.96. The molecule has 0 saturated carbocycles. The van der Waals surface area contributed by atoms with Crippen LogP contribution in [0.15, 0.2) is 22.7 Å². The van der Waals surface area contributed by atoms with E-state index in [1.807, 2.05) is 19.0 Å². The van der Waals surface area contributed by atoms with E-state index in [9.17, 15) is 14.3 Å². The largest absolute Gasteiger partial charge is 0.507 e. The van der Waals surface area contributed by atoms with Crippen molar-refractivity contribution in [3.63, 3.8) is 0 Å². The first kappa shape index (κ1) is 16.9. The number of halogens is 1. The highest BCUT2D eigenvalue weighted by atomic mass is 19.1. The third-order valence-electron chi connectivity index (χ3n) is 3.12. The van der Waals surface area contributed by atoms with Gasteiger partial charge in [0.15, 0.2) is 5.82 Å². The standard InChI is InChI=1S/C15H19FN4O3/c1-15(2,14-17-11(23-19-14)8-20(3)4)18-13(22)12-9(16)6-5-7-10(12)21/h5-7,21H,8H2,1-4H3,(H,18,22). The van der Waals surface area contributed by atoms with Gasteiger partial charge in [-0.1, -0.05) is 11.2 Å². The number of hydrogen-bond donors (Lipinski definition) is 2. The molecule has 2 N–H and O–H groups in total. The van der Waals surface area contributed by atoms with Crippen molar-refractivity contribution in [2.45, 2.75) is 25.9 Å². The average Bonchev–Trinajstić information content (AvgIpc) is 2.86. The van der Waals surface area contributed by atoms with E-state index in [1.54, 1.807) is 13.8 Å². The Kier molecular flexibility index (Phi) is 4.65. The number of phenols is 1. The molecule has 1 heterocycles. The molecule has 0 aliphatic carbocycles. The second kappa shape index (κ2) is 6.33. The van der Waals surface area contributed by atoms with Gasteiger partial charge in [-0.2, -0.15) is 4.98 Å². The van der Waals surface area contributed by atoms with Gasteiger partial charge in [-0.25, -0.2) is 4.39 Å². The van der Waals surface area contributed by atoms with Crippen LogP contribution in [0.3, 0.4) is 0 Å². The lowest BCUT2D eigenvalue weighted by molar-refractivity contribution is 0.0900. The van der Waals surface area contributed by atoms with Crippen LogP contribution in [0.4, 0.5) is 4.39 Å². The van der Waals surface area contributed by atoms with Gasteiger partial charge < -0.3 is 19.8 Å². The zero-order chi connectivity index (χ0) is 17.2. The highest BCUT2D eigenvalue weighted by Gasteiger charge is 2.31. The molecule has 2 rings (SSSR count). The van der Waals surface area contributed by atoms with Gasteiger partial charge >= 0.3 is 0 Å². The average molecular weight is 322 g/mol. The van der Waals surface area contributed by atoms with E-state index in [0.717, 1.165) is 6.07 Å². The number of nitrogens with one attached hydrogen (secondary N) is 1. The molecule has 0 saturated heterocycles. The summed E-state index contributed by atoms with van der Waals surface area (Å²) in [6.07, 6.45) is 0. The number of hydrogen-bond acceptors (Lipinski definition) is 6. The SMILES string of the molecule is CN(C)Cc1nc(C(C)(C)NC(=O)c2c(O)cccc2F)no1. The molecule has 0 spiro atoms. The summed E-state index contributed by atoms with van der Waals surface area (Å²) in [5.41, 5.74) is -1.42. The van der Waals surface area contributed by atoms with Crippen molar-refractivity contribution in [3.8, 4) is 5.75 Å². The highest BCUT2D eigenvalue weighted by molar-refractivity contribution is 5.97. The van der Waals surface area contributed by atoms with Crippen molar-refractivity contribution in [2.24, 2.45) is 0 Å². The molecular formula is C15H19FN4O3. The lowest BCUT2D eigenvalue weighted by Crippen LogP contribution is -2.42. The number of aromatic hydroxyl groups is 1. The van der Waals surface area contributed by atoms with E-state index < -0.39 is 28.6 Å². The van der Waals surface area contributed by atoms with Gasteiger partial charge in [0.2, 0.25) is 5.89 Å². The number of carbonyl (C=O) groups is 1. The van der Waals surface area contributed by atoms with Crippen molar-refractivity contribution in [1.82, 2.24) is 20.4 Å². The Morgan fingerprint density at radius 3 is 2.74 bits per heavy atom. The normalized spacial score (nSPS) is 11.7. The minimum absolute atomic E-state index is 0.263. The fraction of sp³-hybridized carbons (Fsp3) is 0.400. The van der Waals surface area contributed by atoms with E-state index in [0.29, 0.717) is 12.4 Å². The lowest BCUT2D eigenvalue weighted by Gasteiger charge is -2.22. The Hall–Kier alpha value is -2.48. The minimum atomic E-state index is -1.00. The summed E-state index contributed by atoms with van der Waals surface area (Å²) in [6.45, 7) is 3.78. The monoisotopic (exact) mass is 322 g/mol. The van der Waals surface area contributed by atoms with Crippen molar-refractivity contribution in [3.05, 3.63) is 41.3 Å². The summed E-state index contributed by atoms with van der Waals surface area (Å²) in [5, 5.41) is 16.1. The zero-order valence-electron chi connectivity index (χ0n) is 13.4. The number of nitrogens with zero attached hydrogens (tertiary/aromatic N) is 3. The van der Waals surface area contributed by atoms with E-state index in [-0.39, 0.29) is 5.82 Å². The summed E-state index contributed by atoms with van der Waals surface area (Å²) in [4.78, 5) is 18.3. The maximum atomic E-state index is 13.7. The summed E-state index contributed by atoms with van der Waals surface area (Å²) in [6, 6.07) is 3.67. The Balaban J connectivity index is 2.20. The highest BCUT2D eigenvalue weighted by Crippen LogP contribution is 2.23. The van der Waals surface area contributed by atoms with E-state index in [2.05, 4.69) is 15.5 Å². The molecule has 0 unspecified atom stereocenters. The Labute approximate surface area is 133 Å². The quantitative estimate of drug-likeness (QED) is 0.869. The summed E-state index contributed by atoms with van der Waals surface area (Å²) in [5.74, 6) is -1.33. The molecule has 1 amide bonds. The third-order valence-corrected chi connectivity index (χ3v) is 3.12. The Bertz CT molecular complexity index is 692. The number of carbonyl (C=O) groups excluding carboxylic acids is 1. The van der Waals surface area contributed by atoms with Gasteiger partial charge in [-0.05, 0) is 40.1 Å². The molecule has 1 aromatic heterocycles. The summed E-state index contributed by atoms with van der Waals surface area (Å²) >= 11 is 0. The van der Waals surface area contributed by atoms with Crippen LogP contribution in [0.5, 0.6) is 5.75 Å². The van der Waals surface area contributed by atoms with Crippen molar-refractivity contribution >= 4 is 5.91 Å². The fourth-order valence-corrected chi connectivity index (χ4v) is 1.98. The van der Waals surface area contributed by atoms with Gasteiger partial charge in [0.05, 0.1) is 12.1 Å². The Morgan fingerprint density at radius 1 is 1.43 bits per heavy atom. The smallest absolute Gasteiger partial charge is 0.258 e. The molecule has 1 aromatic carbocycles. The minimum Gasteiger partial charge on any atom is -0.507 e. The molecule has 0 bridgehead atoms. The molecule has 8 heteroatoms. The van der Waals surface area contributed by atoms with Gasteiger partial charge in [0.25, 0.3) is 5.91 Å². The third kappa shape index (κ3) is 3.84. The molecule has 0 aliphatic heterocycles. The van der Waals surface area contributed by atoms with Crippen molar-refractivity contribution < 1.29 is 18.8 Å². The molecule has 2 aromatic rings. The van der Waals surface area contributed by atoms with Crippen LogP contribution in [-0.2, 0) is 12.1 Å². The molecular weight excluding hydrogens is 303 g/mol. The van der Waals surface area contributed by atoms with Gasteiger partial charge in [-0.15, -0.1) is 0 Å². The molecule has 124 valence electrons. The van der Waals surface area contributed by atoms with Crippen molar-refractivity contribution in [1.29, 1.82) is 0 Å². The van der Waals surface area contributed by atoms with E-state index in [1.165, 1.54) is 12.1 Å². The van der Waals surface area contributed by atoms with Crippen LogP contribution in [0.25, 0.3) is 0 Å². The lowest BCUT2D eigenvalue weighted by atomic mass is 10.0. The maximum Gasteiger partial charge on any atom is 0.258 e. The molecule has 0 radical (unpaired) electrons. The van der Waals surface area contributed by atoms with Crippen LogP contribution in [0.2, 0.25) is 0 Å². The van der Waals surface area contributed by atoms with Crippen LogP contribution in [0, 0.1) is 5.82 Å². The number of benzene rings is 1. The predicted octanol–water partition coefficient (Wildman–Crippen LogP) is 1.64. The molecule has 0 aliphatic rings.